The van der Waals surface area contributed by atoms with Crippen LogP contribution in [0, 0.1) is 0 Å². The molecule has 108 valence electrons. The van der Waals surface area contributed by atoms with Crippen molar-refractivity contribution in [3.63, 3.8) is 0 Å². The van der Waals surface area contributed by atoms with Gasteiger partial charge in [-0.2, -0.15) is 0 Å². The molecule has 1 heterocycles. The van der Waals surface area contributed by atoms with Gasteiger partial charge in [-0.1, -0.05) is 6.92 Å². The van der Waals surface area contributed by atoms with E-state index in [-0.39, 0.29) is 12.1 Å². The number of hydrogen-bond acceptors (Lipinski definition) is 6. The Hall–Kier alpha value is -1.56. The molecule has 3 N–H and O–H groups in total. The molecular formula is C13H24N4O2. The molecule has 1 aromatic heterocycles. The summed E-state index contributed by atoms with van der Waals surface area (Å²) >= 11 is 0. The summed E-state index contributed by atoms with van der Waals surface area (Å²) in [6, 6.07) is 0.0998. The molecule has 0 radical (unpaired) electrons. The van der Waals surface area contributed by atoms with Gasteiger partial charge in [0.05, 0.1) is 13.2 Å². The monoisotopic (exact) mass is 268 g/mol. The Balaban J connectivity index is 2.81. The number of anilines is 2. The predicted octanol–water partition coefficient (Wildman–Crippen LogP) is 1.88. The predicted molar refractivity (Wildman–Crippen MR) is 76.7 cm³/mol. The van der Waals surface area contributed by atoms with Crippen molar-refractivity contribution in [1.29, 1.82) is 0 Å². The number of hydrogen-bond donors (Lipinski definition) is 3. The van der Waals surface area contributed by atoms with Crippen molar-refractivity contribution in [2.45, 2.75) is 45.8 Å². The van der Waals surface area contributed by atoms with Gasteiger partial charge in [0.1, 0.15) is 6.33 Å². The van der Waals surface area contributed by atoms with Crippen LogP contribution in [0.3, 0.4) is 0 Å². The molecule has 2 atom stereocenters. The summed E-state index contributed by atoms with van der Waals surface area (Å²) in [4.78, 5) is 8.38. The number of nitrogens with zero attached hydrogens (tertiary/aromatic N) is 2. The maximum Gasteiger partial charge on any atom is 0.204 e. The van der Waals surface area contributed by atoms with Crippen molar-refractivity contribution in [1.82, 2.24) is 9.97 Å². The fourth-order valence-electron chi connectivity index (χ4n) is 1.84. The van der Waals surface area contributed by atoms with Crippen LogP contribution in [0.2, 0.25) is 0 Å². The molecule has 0 amide bonds. The molecule has 0 aromatic carbocycles. The number of methoxy groups -OCH3 is 1. The average Bonchev–Trinajstić information content (AvgIpc) is 2.35. The third-order valence-corrected chi connectivity index (χ3v) is 2.63. The van der Waals surface area contributed by atoms with Gasteiger partial charge in [0.2, 0.25) is 5.75 Å². The first-order chi connectivity index (χ1) is 9.08. The highest BCUT2D eigenvalue weighted by Gasteiger charge is 2.14. The maximum atomic E-state index is 9.38. The van der Waals surface area contributed by atoms with Gasteiger partial charge < -0.3 is 20.5 Å². The summed E-state index contributed by atoms with van der Waals surface area (Å²) in [5.74, 6) is 1.93. The number of rotatable bonds is 8. The molecule has 0 saturated carbocycles. The summed E-state index contributed by atoms with van der Waals surface area (Å²) in [5, 5.41) is 15.8. The van der Waals surface area contributed by atoms with Crippen molar-refractivity contribution < 1.29 is 9.84 Å². The highest BCUT2D eigenvalue weighted by Crippen LogP contribution is 2.29. The van der Waals surface area contributed by atoms with Crippen LogP contribution in [0.15, 0.2) is 6.33 Å². The van der Waals surface area contributed by atoms with Gasteiger partial charge in [-0.15, -0.1) is 0 Å². The van der Waals surface area contributed by atoms with Crippen LogP contribution in [0.1, 0.15) is 33.6 Å². The molecule has 0 bridgehead atoms. The lowest BCUT2D eigenvalue weighted by molar-refractivity contribution is 0.179. The Labute approximate surface area is 114 Å². The van der Waals surface area contributed by atoms with Crippen LogP contribution in [-0.4, -0.2) is 40.9 Å². The van der Waals surface area contributed by atoms with Gasteiger partial charge in [0.15, 0.2) is 11.6 Å². The average molecular weight is 268 g/mol. The molecule has 0 aliphatic carbocycles. The Bertz CT molecular complexity index is 385. The standard InChI is InChI=1S/C13H24N4O2/c1-5-6-14-12-11(19-4)13(16-8-15-12)17-9(2)7-10(3)18/h8-10,18H,5-7H2,1-4H3,(H2,14,15,16,17). The Kier molecular flexibility index (Phi) is 6.35. The first kappa shape index (κ1) is 15.5. The summed E-state index contributed by atoms with van der Waals surface area (Å²) in [6.07, 6.45) is 2.80. The molecule has 2 unspecified atom stereocenters. The van der Waals surface area contributed by atoms with E-state index in [1.165, 1.54) is 6.33 Å². The fraction of sp³-hybridized carbons (Fsp3) is 0.692. The van der Waals surface area contributed by atoms with E-state index in [4.69, 9.17) is 4.74 Å². The minimum Gasteiger partial charge on any atom is -0.490 e. The van der Waals surface area contributed by atoms with Crippen LogP contribution in [0.5, 0.6) is 5.75 Å². The Morgan fingerprint density at radius 3 is 2.58 bits per heavy atom. The SMILES string of the molecule is CCCNc1ncnc(NC(C)CC(C)O)c1OC. The van der Waals surface area contributed by atoms with Gasteiger partial charge in [-0.25, -0.2) is 9.97 Å². The molecule has 0 aliphatic rings. The number of aliphatic hydroxyl groups is 1. The third-order valence-electron chi connectivity index (χ3n) is 2.63. The molecule has 0 saturated heterocycles. The molecule has 0 spiro atoms. The number of ether oxygens (including phenoxy) is 1. The molecule has 6 heteroatoms. The maximum absolute atomic E-state index is 9.38. The lowest BCUT2D eigenvalue weighted by Gasteiger charge is -2.19. The lowest BCUT2D eigenvalue weighted by Crippen LogP contribution is -2.22. The van der Waals surface area contributed by atoms with Crippen LogP contribution < -0.4 is 15.4 Å². The van der Waals surface area contributed by atoms with Crippen molar-refractivity contribution >= 4 is 11.6 Å². The van der Waals surface area contributed by atoms with E-state index in [0.717, 1.165) is 13.0 Å². The highest BCUT2D eigenvalue weighted by molar-refractivity contribution is 5.63. The van der Waals surface area contributed by atoms with Crippen LogP contribution in [-0.2, 0) is 0 Å². The normalized spacial score (nSPS) is 13.7. The van der Waals surface area contributed by atoms with Crippen molar-refractivity contribution in [2.24, 2.45) is 0 Å². The molecule has 0 aliphatic heterocycles. The van der Waals surface area contributed by atoms with E-state index in [2.05, 4.69) is 27.5 Å². The molecule has 19 heavy (non-hydrogen) atoms. The zero-order valence-electron chi connectivity index (χ0n) is 12.1. The first-order valence-electron chi connectivity index (χ1n) is 6.65. The van der Waals surface area contributed by atoms with E-state index in [1.807, 2.05) is 6.92 Å². The Morgan fingerprint density at radius 1 is 1.32 bits per heavy atom. The summed E-state index contributed by atoms with van der Waals surface area (Å²) in [5.41, 5.74) is 0. The van der Waals surface area contributed by atoms with Crippen molar-refractivity contribution in [3.05, 3.63) is 6.33 Å². The van der Waals surface area contributed by atoms with Gasteiger partial charge in [-0.05, 0) is 26.7 Å². The quantitative estimate of drug-likeness (QED) is 0.668. The highest BCUT2D eigenvalue weighted by atomic mass is 16.5. The van der Waals surface area contributed by atoms with Gasteiger partial charge in [0.25, 0.3) is 0 Å². The smallest absolute Gasteiger partial charge is 0.204 e. The summed E-state index contributed by atoms with van der Waals surface area (Å²) < 4.78 is 5.37. The largest absolute Gasteiger partial charge is 0.490 e. The second-order valence-electron chi connectivity index (χ2n) is 4.66. The van der Waals surface area contributed by atoms with E-state index >= 15 is 0 Å². The molecule has 6 nitrogen and oxygen atoms in total. The first-order valence-corrected chi connectivity index (χ1v) is 6.65. The van der Waals surface area contributed by atoms with E-state index in [9.17, 15) is 5.11 Å². The van der Waals surface area contributed by atoms with Gasteiger partial charge in [-0.3, -0.25) is 0 Å². The van der Waals surface area contributed by atoms with Crippen LogP contribution >= 0.6 is 0 Å². The second-order valence-corrected chi connectivity index (χ2v) is 4.66. The molecule has 1 rings (SSSR count). The number of aliphatic hydroxyl groups excluding tert-OH is 1. The van der Waals surface area contributed by atoms with E-state index < -0.39 is 0 Å². The molecular weight excluding hydrogens is 244 g/mol. The lowest BCUT2D eigenvalue weighted by atomic mass is 10.1. The molecule has 0 fully saturated rings. The minimum atomic E-state index is -0.354. The zero-order chi connectivity index (χ0) is 14.3. The Morgan fingerprint density at radius 2 is 2.00 bits per heavy atom. The van der Waals surface area contributed by atoms with Crippen LogP contribution in [0.25, 0.3) is 0 Å². The van der Waals surface area contributed by atoms with Crippen LogP contribution in [0.4, 0.5) is 11.6 Å². The summed E-state index contributed by atoms with van der Waals surface area (Å²) in [6.45, 7) is 6.68. The van der Waals surface area contributed by atoms with E-state index in [0.29, 0.717) is 23.8 Å². The molecule has 1 aromatic rings. The summed E-state index contributed by atoms with van der Waals surface area (Å²) in [7, 11) is 1.60. The number of aromatic nitrogens is 2. The van der Waals surface area contributed by atoms with E-state index in [1.54, 1.807) is 14.0 Å². The number of nitrogens with one attached hydrogen (secondary N) is 2. The second kappa shape index (κ2) is 7.78. The van der Waals surface area contributed by atoms with Gasteiger partial charge in [0, 0.05) is 12.6 Å². The van der Waals surface area contributed by atoms with Gasteiger partial charge >= 0.3 is 0 Å². The fourth-order valence-corrected chi connectivity index (χ4v) is 1.84. The van der Waals surface area contributed by atoms with Crippen molar-refractivity contribution in [2.75, 3.05) is 24.3 Å². The van der Waals surface area contributed by atoms with Crippen molar-refractivity contribution in [3.8, 4) is 5.75 Å². The topological polar surface area (TPSA) is 79.3 Å². The third kappa shape index (κ3) is 4.90. The zero-order valence-corrected chi connectivity index (χ0v) is 12.1. The minimum absolute atomic E-state index is 0.0998.